The van der Waals surface area contributed by atoms with E-state index in [2.05, 4.69) is 11.4 Å². The molecule has 3 saturated heterocycles. The standard InChI is InChI=1S/C13H20N4O4S.C8H7F2NO.HI.H2/c14-7-11-8-17(9-11)22(19,20)16-5-6-21-12(10-16)13(18)15-3-1-2-4-15;9-7-1-6(4-11-5-12)2-8(10)3-7;;/h11-12H,1-6,8-10H2;1-3,5H,4H2,(H,11,12);2*1H/t12-;;;/m0.../s1. The lowest BCUT2D eigenvalue weighted by Gasteiger charge is -2.40. The van der Waals surface area contributed by atoms with Crippen molar-refractivity contribution >= 4 is 46.5 Å². The molecule has 3 fully saturated rings. The molecule has 0 bridgehead atoms. The van der Waals surface area contributed by atoms with Gasteiger partial charge in [0.25, 0.3) is 16.1 Å². The summed E-state index contributed by atoms with van der Waals surface area (Å²) in [6, 6.07) is 5.18. The minimum atomic E-state index is -3.59. The molecule has 1 aromatic rings. The van der Waals surface area contributed by atoms with E-state index in [1.807, 2.05) is 0 Å². The molecule has 0 aromatic heterocycles. The van der Waals surface area contributed by atoms with E-state index in [1.54, 1.807) is 4.90 Å². The third kappa shape index (κ3) is 7.78. The average molecular weight is 629 g/mol. The second-order valence-corrected chi connectivity index (χ2v) is 10.1. The first-order valence-electron chi connectivity index (χ1n) is 10.9. The molecule has 14 heteroatoms. The molecule has 1 atom stereocenters. The van der Waals surface area contributed by atoms with Crippen LogP contribution in [0.1, 0.15) is 19.8 Å². The summed E-state index contributed by atoms with van der Waals surface area (Å²) in [7, 11) is -3.59. The van der Waals surface area contributed by atoms with Gasteiger partial charge in [-0.25, -0.2) is 8.78 Å². The lowest BCUT2D eigenvalue weighted by Crippen LogP contribution is -2.59. The highest BCUT2D eigenvalue weighted by molar-refractivity contribution is 14.0. The average Bonchev–Trinajstić information content (AvgIpc) is 3.31. The number of nitrogens with zero attached hydrogens (tertiary/aromatic N) is 4. The maximum Gasteiger partial charge on any atom is 0.282 e. The second-order valence-electron chi connectivity index (χ2n) is 8.18. The molecular formula is C21H30F2IN5O5S. The van der Waals surface area contributed by atoms with Gasteiger partial charge < -0.3 is 15.0 Å². The van der Waals surface area contributed by atoms with Crippen LogP contribution in [-0.2, 0) is 31.1 Å². The quantitative estimate of drug-likeness (QED) is 0.372. The summed E-state index contributed by atoms with van der Waals surface area (Å²) in [6.07, 6.45) is 1.74. The van der Waals surface area contributed by atoms with Crippen LogP contribution in [0.25, 0.3) is 0 Å². The van der Waals surface area contributed by atoms with E-state index in [4.69, 9.17) is 10.00 Å². The Balaban J connectivity index is 0.000000399. The third-order valence-electron chi connectivity index (χ3n) is 5.72. The summed E-state index contributed by atoms with van der Waals surface area (Å²) in [4.78, 5) is 23.9. The van der Waals surface area contributed by atoms with Gasteiger partial charge in [0.05, 0.1) is 25.1 Å². The molecule has 0 saturated carbocycles. The van der Waals surface area contributed by atoms with Crippen molar-refractivity contribution in [3.63, 3.8) is 0 Å². The van der Waals surface area contributed by atoms with Gasteiger partial charge in [0, 0.05) is 46.8 Å². The van der Waals surface area contributed by atoms with E-state index in [-0.39, 0.29) is 76.6 Å². The van der Waals surface area contributed by atoms with Gasteiger partial charge in [0.15, 0.2) is 0 Å². The summed E-state index contributed by atoms with van der Waals surface area (Å²) in [5.41, 5.74) is 0.402. The van der Waals surface area contributed by atoms with Crippen LogP contribution < -0.4 is 5.32 Å². The summed E-state index contributed by atoms with van der Waals surface area (Å²) in [5, 5.41) is 11.1. The summed E-state index contributed by atoms with van der Waals surface area (Å²) < 4.78 is 58.0. The molecule has 35 heavy (non-hydrogen) atoms. The Kier molecular flexibility index (Phi) is 11.2. The number of carbonyl (C=O) groups is 2. The Labute approximate surface area is 221 Å². The maximum atomic E-state index is 12.5. The van der Waals surface area contributed by atoms with Gasteiger partial charge in [-0.15, -0.1) is 24.0 Å². The first kappa shape index (κ1) is 29.3. The zero-order valence-electron chi connectivity index (χ0n) is 18.9. The van der Waals surface area contributed by atoms with Crippen LogP contribution in [0.2, 0.25) is 0 Å². The fourth-order valence-electron chi connectivity index (χ4n) is 3.87. The number of nitriles is 1. The smallest absolute Gasteiger partial charge is 0.282 e. The summed E-state index contributed by atoms with van der Waals surface area (Å²) in [6.45, 7) is 2.59. The van der Waals surface area contributed by atoms with E-state index in [1.165, 1.54) is 20.7 Å². The van der Waals surface area contributed by atoms with E-state index in [0.717, 1.165) is 32.0 Å². The van der Waals surface area contributed by atoms with Crippen LogP contribution in [0.4, 0.5) is 8.78 Å². The number of halogens is 3. The van der Waals surface area contributed by atoms with Crippen molar-refractivity contribution in [2.24, 2.45) is 5.92 Å². The Bertz CT molecular complexity index is 1020. The normalized spacial score (nSPS) is 21.1. The topological polar surface area (TPSA) is 123 Å². The fourth-order valence-corrected chi connectivity index (χ4v) is 5.56. The van der Waals surface area contributed by atoms with Crippen molar-refractivity contribution < 1.29 is 33.0 Å². The summed E-state index contributed by atoms with van der Waals surface area (Å²) in [5.74, 6) is -1.62. The number of hydrogen-bond acceptors (Lipinski definition) is 6. The van der Waals surface area contributed by atoms with Gasteiger partial charge in [-0.05, 0) is 30.5 Å². The van der Waals surface area contributed by atoms with E-state index in [9.17, 15) is 26.8 Å². The molecule has 0 unspecified atom stereocenters. The molecule has 4 rings (SSSR count). The predicted molar refractivity (Wildman–Crippen MR) is 134 cm³/mol. The SMILES string of the molecule is I.N#CC1CN(S(=O)(=O)N2CCO[C@H](C(=O)N3CCCC3)C2)C1.O=CNCc1cc(F)cc(F)c1.[HH]. The largest absolute Gasteiger partial charge is 0.366 e. The molecule has 0 aliphatic carbocycles. The van der Waals surface area contributed by atoms with E-state index < -0.39 is 27.9 Å². The number of rotatable bonds is 6. The number of likely N-dealkylation sites (tertiary alicyclic amines) is 1. The Morgan fingerprint density at radius 2 is 1.77 bits per heavy atom. The molecule has 3 aliphatic rings. The molecule has 10 nitrogen and oxygen atoms in total. The fraction of sp³-hybridized carbons (Fsp3) is 0.571. The van der Waals surface area contributed by atoms with Crippen LogP contribution in [-0.4, -0.2) is 86.2 Å². The molecule has 0 spiro atoms. The van der Waals surface area contributed by atoms with Crippen molar-refractivity contribution in [1.29, 1.82) is 5.26 Å². The van der Waals surface area contributed by atoms with Gasteiger partial charge in [0.1, 0.15) is 17.7 Å². The van der Waals surface area contributed by atoms with Crippen LogP contribution in [0, 0.1) is 28.9 Å². The van der Waals surface area contributed by atoms with Gasteiger partial charge >= 0.3 is 0 Å². The highest BCUT2D eigenvalue weighted by Gasteiger charge is 2.42. The number of benzene rings is 1. The first-order chi connectivity index (χ1) is 16.2. The monoisotopic (exact) mass is 629 g/mol. The van der Waals surface area contributed by atoms with Crippen molar-refractivity contribution in [2.75, 3.05) is 45.9 Å². The molecule has 3 aliphatic heterocycles. The Morgan fingerprint density at radius 1 is 1.14 bits per heavy atom. The lowest BCUT2D eigenvalue weighted by atomic mass is 10.1. The van der Waals surface area contributed by atoms with Crippen molar-refractivity contribution in [1.82, 2.24) is 18.8 Å². The van der Waals surface area contributed by atoms with Crippen LogP contribution in [0.3, 0.4) is 0 Å². The van der Waals surface area contributed by atoms with Gasteiger partial charge in [-0.1, -0.05) is 0 Å². The molecular weight excluding hydrogens is 599 g/mol. The Morgan fingerprint density at radius 3 is 2.34 bits per heavy atom. The Hall–Kier alpha value is -1.93. The van der Waals surface area contributed by atoms with Gasteiger partial charge in [-0.2, -0.15) is 22.3 Å². The van der Waals surface area contributed by atoms with Crippen molar-refractivity contribution in [2.45, 2.75) is 25.5 Å². The number of ether oxygens (including phenoxy) is 1. The second kappa shape index (κ2) is 13.4. The number of amides is 2. The van der Waals surface area contributed by atoms with Crippen molar-refractivity contribution in [3.8, 4) is 6.07 Å². The number of carbonyl (C=O) groups excluding carboxylic acids is 2. The van der Waals surface area contributed by atoms with Crippen LogP contribution in [0.5, 0.6) is 0 Å². The number of hydrogen-bond donors (Lipinski definition) is 1. The molecule has 1 N–H and O–H groups in total. The van der Waals surface area contributed by atoms with Gasteiger partial charge in [0.2, 0.25) is 6.41 Å². The zero-order chi connectivity index (χ0) is 24.7. The first-order valence-corrected chi connectivity index (χ1v) is 12.3. The van der Waals surface area contributed by atoms with Crippen LogP contribution in [0.15, 0.2) is 18.2 Å². The van der Waals surface area contributed by atoms with Crippen molar-refractivity contribution in [3.05, 3.63) is 35.4 Å². The minimum absolute atomic E-state index is 0. The predicted octanol–water partition coefficient (Wildman–Crippen LogP) is 1.08. The molecule has 3 heterocycles. The maximum absolute atomic E-state index is 12.5. The van der Waals surface area contributed by atoms with Gasteiger partial charge in [-0.3, -0.25) is 9.59 Å². The highest BCUT2D eigenvalue weighted by atomic mass is 127. The number of morpholine rings is 1. The summed E-state index contributed by atoms with van der Waals surface area (Å²) >= 11 is 0. The van der Waals surface area contributed by atoms with E-state index >= 15 is 0 Å². The number of nitrogens with one attached hydrogen (secondary N) is 1. The molecule has 2 amide bonds. The molecule has 196 valence electrons. The third-order valence-corrected chi connectivity index (χ3v) is 7.65. The highest BCUT2D eigenvalue weighted by Crippen LogP contribution is 2.24. The zero-order valence-corrected chi connectivity index (χ0v) is 22.1. The van der Waals surface area contributed by atoms with Crippen LogP contribution >= 0.6 is 24.0 Å². The molecule has 1 aromatic carbocycles. The van der Waals surface area contributed by atoms with E-state index in [0.29, 0.717) is 12.0 Å². The molecule has 0 radical (unpaired) electrons. The lowest BCUT2D eigenvalue weighted by molar-refractivity contribution is -0.146. The minimum Gasteiger partial charge on any atom is -0.366 e.